The molecule has 2 heteroatoms. The SMILES string of the molecule is CN(Cc1ccccc1N)C1CCC1. The second-order valence-electron chi connectivity index (χ2n) is 4.20. The first kappa shape index (κ1) is 9.53. The number of benzene rings is 1. The van der Waals surface area contributed by atoms with Crippen molar-refractivity contribution in [3.8, 4) is 0 Å². The van der Waals surface area contributed by atoms with E-state index in [0.717, 1.165) is 18.3 Å². The standard InChI is InChI=1S/C12H18N2/c1-14(11-6-4-7-11)9-10-5-2-3-8-12(10)13/h2-3,5,8,11H,4,6-7,9,13H2,1H3. The van der Waals surface area contributed by atoms with Gasteiger partial charge in [-0.05, 0) is 31.5 Å². The van der Waals surface area contributed by atoms with Crippen LogP contribution >= 0.6 is 0 Å². The molecule has 0 heterocycles. The molecule has 76 valence electrons. The van der Waals surface area contributed by atoms with Gasteiger partial charge in [0, 0.05) is 18.3 Å². The average Bonchev–Trinajstić information content (AvgIpc) is 2.05. The van der Waals surface area contributed by atoms with Crippen LogP contribution < -0.4 is 5.73 Å². The van der Waals surface area contributed by atoms with Crippen LogP contribution in [0.3, 0.4) is 0 Å². The first-order valence-corrected chi connectivity index (χ1v) is 5.31. The lowest BCUT2D eigenvalue weighted by molar-refractivity contribution is 0.153. The number of hydrogen-bond donors (Lipinski definition) is 1. The van der Waals surface area contributed by atoms with Crippen LogP contribution in [-0.4, -0.2) is 18.0 Å². The highest BCUT2D eigenvalue weighted by Gasteiger charge is 2.21. The molecular formula is C12H18N2. The molecule has 1 aliphatic rings. The molecule has 1 aliphatic carbocycles. The highest BCUT2D eigenvalue weighted by atomic mass is 15.1. The Morgan fingerprint density at radius 2 is 2.07 bits per heavy atom. The van der Waals surface area contributed by atoms with Crippen molar-refractivity contribution in [2.45, 2.75) is 31.8 Å². The zero-order valence-corrected chi connectivity index (χ0v) is 8.74. The molecule has 0 bridgehead atoms. The molecule has 1 aromatic rings. The van der Waals surface area contributed by atoms with E-state index in [1.165, 1.54) is 24.8 Å². The molecule has 2 rings (SSSR count). The molecule has 0 aliphatic heterocycles. The number of anilines is 1. The van der Waals surface area contributed by atoms with Crippen LogP contribution in [-0.2, 0) is 6.54 Å². The van der Waals surface area contributed by atoms with E-state index in [2.05, 4.69) is 24.1 Å². The van der Waals surface area contributed by atoms with Crippen LogP contribution in [0.5, 0.6) is 0 Å². The maximum Gasteiger partial charge on any atom is 0.0359 e. The molecule has 0 atom stereocenters. The van der Waals surface area contributed by atoms with Crippen molar-refractivity contribution in [1.82, 2.24) is 4.90 Å². The predicted octanol–water partition coefficient (Wildman–Crippen LogP) is 2.25. The quantitative estimate of drug-likeness (QED) is 0.741. The summed E-state index contributed by atoms with van der Waals surface area (Å²) in [5.74, 6) is 0. The highest BCUT2D eigenvalue weighted by Crippen LogP contribution is 2.25. The fourth-order valence-electron chi connectivity index (χ4n) is 1.90. The third-order valence-electron chi connectivity index (χ3n) is 3.17. The Labute approximate surface area is 85.7 Å². The van der Waals surface area contributed by atoms with Gasteiger partial charge in [-0.15, -0.1) is 0 Å². The van der Waals surface area contributed by atoms with Gasteiger partial charge in [0.1, 0.15) is 0 Å². The molecule has 2 nitrogen and oxygen atoms in total. The van der Waals surface area contributed by atoms with Crippen LogP contribution in [0.4, 0.5) is 5.69 Å². The Kier molecular flexibility index (Phi) is 2.73. The average molecular weight is 190 g/mol. The topological polar surface area (TPSA) is 29.3 Å². The van der Waals surface area contributed by atoms with Crippen molar-refractivity contribution < 1.29 is 0 Å². The van der Waals surface area contributed by atoms with Crippen molar-refractivity contribution in [1.29, 1.82) is 0 Å². The van der Waals surface area contributed by atoms with Gasteiger partial charge in [-0.1, -0.05) is 24.6 Å². The molecule has 0 spiro atoms. The Bertz CT molecular complexity index is 305. The van der Waals surface area contributed by atoms with E-state index in [-0.39, 0.29) is 0 Å². The third kappa shape index (κ3) is 1.90. The van der Waals surface area contributed by atoms with Gasteiger partial charge < -0.3 is 5.73 Å². The molecule has 0 aromatic heterocycles. The third-order valence-corrected chi connectivity index (χ3v) is 3.17. The lowest BCUT2D eigenvalue weighted by Crippen LogP contribution is -2.36. The zero-order chi connectivity index (χ0) is 9.97. The van der Waals surface area contributed by atoms with Gasteiger partial charge in [0.2, 0.25) is 0 Å². The van der Waals surface area contributed by atoms with Crippen LogP contribution in [0.2, 0.25) is 0 Å². The van der Waals surface area contributed by atoms with Crippen LogP contribution in [0, 0.1) is 0 Å². The lowest BCUT2D eigenvalue weighted by Gasteiger charge is -2.34. The minimum atomic E-state index is 0.787. The summed E-state index contributed by atoms with van der Waals surface area (Å²) in [6.07, 6.45) is 4.09. The first-order valence-electron chi connectivity index (χ1n) is 5.31. The maximum absolute atomic E-state index is 5.90. The van der Waals surface area contributed by atoms with E-state index >= 15 is 0 Å². The van der Waals surface area contributed by atoms with E-state index in [1.807, 2.05) is 12.1 Å². The van der Waals surface area contributed by atoms with Crippen LogP contribution in [0.15, 0.2) is 24.3 Å². The van der Waals surface area contributed by atoms with E-state index in [9.17, 15) is 0 Å². The van der Waals surface area contributed by atoms with Gasteiger partial charge in [-0.3, -0.25) is 4.90 Å². The molecule has 0 saturated heterocycles. The predicted molar refractivity (Wildman–Crippen MR) is 60.0 cm³/mol. The summed E-state index contributed by atoms with van der Waals surface area (Å²) >= 11 is 0. The number of hydrogen-bond acceptors (Lipinski definition) is 2. The van der Waals surface area contributed by atoms with Gasteiger partial charge in [-0.25, -0.2) is 0 Å². The fourth-order valence-corrected chi connectivity index (χ4v) is 1.90. The molecule has 1 fully saturated rings. The second-order valence-corrected chi connectivity index (χ2v) is 4.20. The summed E-state index contributed by atoms with van der Waals surface area (Å²) in [6, 6.07) is 8.92. The van der Waals surface area contributed by atoms with Gasteiger partial charge in [0.05, 0.1) is 0 Å². The summed E-state index contributed by atoms with van der Waals surface area (Å²) in [4.78, 5) is 2.41. The van der Waals surface area contributed by atoms with E-state index in [0.29, 0.717) is 0 Å². The lowest BCUT2D eigenvalue weighted by atomic mass is 9.91. The van der Waals surface area contributed by atoms with E-state index < -0.39 is 0 Å². The van der Waals surface area contributed by atoms with Gasteiger partial charge >= 0.3 is 0 Å². The van der Waals surface area contributed by atoms with Crippen molar-refractivity contribution in [2.75, 3.05) is 12.8 Å². The Morgan fingerprint density at radius 3 is 2.64 bits per heavy atom. The normalized spacial score (nSPS) is 17.0. The summed E-state index contributed by atoms with van der Waals surface area (Å²) in [5, 5.41) is 0. The fraction of sp³-hybridized carbons (Fsp3) is 0.500. The summed E-state index contributed by atoms with van der Waals surface area (Å²) in [6.45, 7) is 0.983. The smallest absolute Gasteiger partial charge is 0.0359 e. The molecule has 2 N–H and O–H groups in total. The first-order chi connectivity index (χ1) is 6.77. The second kappa shape index (κ2) is 4.01. The molecule has 1 saturated carbocycles. The summed E-state index contributed by atoms with van der Waals surface area (Å²) < 4.78 is 0. The van der Waals surface area contributed by atoms with Crippen molar-refractivity contribution >= 4 is 5.69 Å². The monoisotopic (exact) mass is 190 g/mol. The maximum atomic E-state index is 5.90. The number of nitrogens with two attached hydrogens (primary N) is 1. The van der Waals surface area contributed by atoms with E-state index in [1.54, 1.807) is 0 Å². The number of nitrogen functional groups attached to an aromatic ring is 1. The van der Waals surface area contributed by atoms with Gasteiger partial charge in [0.25, 0.3) is 0 Å². The Balaban J connectivity index is 1.99. The summed E-state index contributed by atoms with van der Waals surface area (Å²) in [7, 11) is 2.19. The van der Waals surface area contributed by atoms with Gasteiger partial charge in [-0.2, -0.15) is 0 Å². The highest BCUT2D eigenvalue weighted by molar-refractivity contribution is 5.46. The molecule has 0 radical (unpaired) electrons. The Hall–Kier alpha value is -1.02. The summed E-state index contributed by atoms with van der Waals surface area (Å²) in [5.41, 5.74) is 8.07. The number of para-hydroxylation sites is 1. The molecule has 1 aromatic carbocycles. The number of rotatable bonds is 3. The van der Waals surface area contributed by atoms with Crippen LogP contribution in [0.1, 0.15) is 24.8 Å². The molecular weight excluding hydrogens is 172 g/mol. The van der Waals surface area contributed by atoms with Crippen molar-refractivity contribution in [3.63, 3.8) is 0 Å². The number of nitrogens with zero attached hydrogens (tertiary/aromatic N) is 1. The Morgan fingerprint density at radius 1 is 1.36 bits per heavy atom. The zero-order valence-electron chi connectivity index (χ0n) is 8.74. The molecule has 14 heavy (non-hydrogen) atoms. The van der Waals surface area contributed by atoms with Crippen molar-refractivity contribution in [3.05, 3.63) is 29.8 Å². The van der Waals surface area contributed by atoms with Crippen LogP contribution in [0.25, 0.3) is 0 Å². The largest absolute Gasteiger partial charge is 0.398 e. The van der Waals surface area contributed by atoms with Gasteiger partial charge in [0.15, 0.2) is 0 Å². The minimum Gasteiger partial charge on any atom is -0.398 e. The van der Waals surface area contributed by atoms with E-state index in [4.69, 9.17) is 5.73 Å². The molecule has 0 amide bonds. The minimum absolute atomic E-state index is 0.787. The van der Waals surface area contributed by atoms with Crippen molar-refractivity contribution in [2.24, 2.45) is 0 Å². The molecule has 0 unspecified atom stereocenters.